The molecule has 0 bridgehead atoms. The van der Waals surface area contributed by atoms with Gasteiger partial charge in [0.2, 0.25) is 0 Å². The molecule has 2 N–H and O–H groups in total. The van der Waals surface area contributed by atoms with E-state index in [1.807, 2.05) is 0 Å². The van der Waals surface area contributed by atoms with Gasteiger partial charge in [0.15, 0.2) is 0 Å². The van der Waals surface area contributed by atoms with Gasteiger partial charge in [-0.3, -0.25) is 0 Å². The van der Waals surface area contributed by atoms with Crippen molar-refractivity contribution in [2.45, 2.75) is 0 Å². The Kier molecular flexibility index (Phi) is 1.06. The molecule has 0 fully saturated rings. The van der Waals surface area contributed by atoms with E-state index in [9.17, 15) is 0 Å². The Hall–Kier alpha value is -0.830. The highest BCUT2D eigenvalue weighted by molar-refractivity contribution is 6.31. The summed E-state index contributed by atoms with van der Waals surface area (Å²) in [5.74, 6) is -0.836. The van der Waals surface area contributed by atoms with Gasteiger partial charge in [-0.25, -0.2) is 0 Å². The van der Waals surface area contributed by atoms with Gasteiger partial charge in [-0.1, -0.05) is 11.6 Å². The van der Waals surface area contributed by atoms with Crippen LogP contribution in [0.1, 0.15) is 0 Å². The number of furan rings is 1. The molecule has 0 aromatic carbocycles. The Morgan fingerprint density at radius 3 is 2.25 bits per heavy atom. The predicted molar refractivity (Wildman–Crippen MR) is 27.0 cm³/mol. The topological polar surface area (TPSA) is 53.6 Å². The summed E-state index contributed by atoms with van der Waals surface area (Å²) >= 11 is 5.23. The van der Waals surface area contributed by atoms with Crippen molar-refractivity contribution in [3.05, 3.63) is 11.1 Å². The second-order valence-corrected chi connectivity index (χ2v) is 1.64. The lowest BCUT2D eigenvalue weighted by Gasteiger charge is -1.77. The fourth-order valence-electron chi connectivity index (χ4n) is 0.347. The Balaban J connectivity index is 3.14. The Labute approximate surface area is 50.1 Å². The predicted octanol–water partition coefficient (Wildman–Crippen LogP) is 1.34. The molecule has 0 amide bonds. The first-order chi connectivity index (χ1) is 3.70. The first-order valence-corrected chi connectivity index (χ1v) is 2.25. The fourth-order valence-corrected chi connectivity index (χ4v) is 0.479. The van der Waals surface area contributed by atoms with Gasteiger partial charge in [0, 0.05) is 6.07 Å². The molecule has 0 unspecified atom stereocenters. The van der Waals surface area contributed by atoms with Gasteiger partial charge in [0.05, 0.1) is 0 Å². The number of aromatic hydroxyl groups is 2. The minimum Gasteiger partial charge on any atom is -0.481 e. The smallest absolute Gasteiger partial charge is 0.304 e. The zero-order valence-electron chi connectivity index (χ0n) is 3.76. The van der Waals surface area contributed by atoms with Crippen LogP contribution in [-0.4, -0.2) is 10.2 Å². The monoisotopic (exact) mass is 134 g/mol. The summed E-state index contributed by atoms with van der Waals surface area (Å²) in [4.78, 5) is 0. The Morgan fingerprint density at radius 2 is 2.12 bits per heavy atom. The number of halogens is 1. The molecule has 1 heterocycles. The van der Waals surface area contributed by atoms with Crippen molar-refractivity contribution in [2.75, 3.05) is 0 Å². The molecule has 4 heteroatoms. The van der Waals surface area contributed by atoms with Crippen LogP contribution in [0.3, 0.4) is 0 Å². The van der Waals surface area contributed by atoms with Crippen molar-refractivity contribution in [2.24, 2.45) is 0 Å². The molecule has 1 aromatic rings. The van der Waals surface area contributed by atoms with Crippen LogP contribution in [0, 0.1) is 0 Å². The summed E-state index contributed by atoms with van der Waals surface area (Å²) < 4.78 is 4.19. The lowest BCUT2D eigenvalue weighted by atomic mass is 10.6. The van der Waals surface area contributed by atoms with Gasteiger partial charge < -0.3 is 14.6 Å². The van der Waals surface area contributed by atoms with Gasteiger partial charge in [-0.05, 0) is 0 Å². The van der Waals surface area contributed by atoms with Gasteiger partial charge in [-0.2, -0.15) is 0 Å². The average Bonchev–Trinajstić information content (AvgIpc) is 1.85. The van der Waals surface area contributed by atoms with Crippen molar-refractivity contribution in [1.29, 1.82) is 0 Å². The summed E-state index contributed by atoms with van der Waals surface area (Å²) in [6.45, 7) is 0. The molecule has 3 nitrogen and oxygen atoms in total. The zero-order valence-corrected chi connectivity index (χ0v) is 4.51. The van der Waals surface area contributed by atoms with E-state index >= 15 is 0 Å². The molecule has 0 aliphatic rings. The lowest BCUT2D eigenvalue weighted by molar-refractivity contribution is 0.265. The number of hydrogen-bond donors (Lipinski definition) is 2. The second-order valence-electron chi connectivity index (χ2n) is 1.24. The molecule has 1 aromatic heterocycles. The summed E-state index contributed by atoms with van der Waals surface area (Å²) in [5, 5.41) is 16.9. The highest BCUT2D eigenvalue weighted by Crippen LogP contribution is 2.30. The van der Waals surface area contributed by atoms with Crippen LogP contribution in [0.15, 0.2) is 10.5 Å². The maximum atomic E-state index is 8.48. The normalized spacial score (nSPS) is 9.62. The summed E-state index contributed by atoms with van der Waals surface area (Å²) in [7, 11) is 0. The molecular weight excluding hydrogens is 131 g/mol. The third-order valence-electron chi connectivity index (χ3n) is 0.656. The SMILES string of the molecule is Oc1cc(Cl)c(O)o1. The molecule has 1 rings (SSSR count). The summed E-state index contributed by atoms with van der Waals surface area (Å²) in [5.41, 5.74) is 0. The van der Waals surface area contributed by atoms with E-state index in [1.165, 1.54) is 0 Å². The highest BCUT2D eigenvalue weighted by Gasteiger charge is 2.03. The van der Waals surface area contributed by atoms with Crippen molar-refractivity contribution in [1.82, 2.24) is 0 Å². The van der Waals surface area contributed by atoms with E-state index in [1.54, 1.807) is 0 Å². The van der Waals surface area contributed by atoms with Gasteiger partial charge >= 0.3 is 5.95 Å². The summed E-state index contributed by atoms with van der Waals surface area (Å²) in [6.07, 6.45) is 0. The Morgan fingerprint density at radius 1 is 1.50 bits per heavy atom. The largest absolute Gasteiger partial charge is 0.481 e. The minimum absolute atomic E-state index is 0.0162. The zero-order chi connectivity index (χ0) is 6.15. The fraction of sp³-hybridized carbons (Fsp3) is 0. The Bertz CT molecular complexity index is 174. The van der Waals surface area contributed by atoms with Gasteiger partial charge in [-0.15, -0.1) is 0 Å². The quantitative estimate of drug-likeness (QED) is 0.563. The molecule has 44 valence electrons. The second kappa shape index (κ2) is 1.59. The standard InChI is InChI=1S/C4H3ClO3/c5-2-1-3(6)8-4(2)7/h1,6-7H. The van der Waals surface area contributed by atoms with Crippen molar-refractivity contribution >= 4 is 11.6 Å². The molecule has 0 atom stereocenters. The molecular formula is C4H3ClO3. The molecule has 8 heavy (non-hydrogen) atoms. The van der Waals surface area contributed by atoms with Crippen LogP contribution in [0.4, 0.5) is 0 Å². The van der Waals surface area contributed by atoms with Crippen LogP contribution in [-0.2, 0) is 0 Å². The first kappa shape index (κ1) is 5.31. The van der Waals surface area contributed by atoms with Crippen LogP contribution >= 0.6 is 11.6 Å². The molecule has 0 aliphatic heterocycles. The number of hydrogen-bond acceptors (Lipinski definition) is 3. The van der Waals surface area contributed by atoms with Crippen LogP contribution < -0.4 is 0 Å². The third-order valence-corrected chi connectivity index (χ3v) is 0.927. The summed E-state index contributed by atoms with van der Waals surface area (Å²) in [6, 6.07) is 1.11. The molecule has 0 saturated heterocycles. The van der Waals surface area contributed by atoms with Crippen LogP contribution in [0.5, 0.6) is 11.9 Å². The van der Waals surface area contributed by atoms with Crippen molar-refractivity contribution < 1.29 is 14.6 Å². The first-order valence-electron chi connectivity index (χ1n) is 1.87. The maximum absolute atomic E-state index is 8.48. The van der Waals surface area contributed by atoms with E-state index in [-0.39, 0.29) is 11.0 Å². The van der Waals surface area contributed by atoms with E-state index in [0.717, 1.165) is 6.07 Å². The van der Waals surface area contributed by atoms with Crippen LogP contribution in [0.2, 0.25) is 5.02 Å². The van der Waals surface area contributed by atoms with E-state index in [2.05, 4.69) is 4.42 Å². The van der Waals surface area contributed by atoms with E-state index in [4.69, 9.17) is 21.8 Å². The maximum Gasteiger partial charge on any atom is 0.304 e. The third kappa shape index (κ3) is 0.721. The van der Waals surface area contributed by atoms with Crippen molar-refractivity contribution in [3.8, 4) is 11.9 Å². The average molecular weight is 135 g/mol. The van der Waals surface area contributed by atoms with Gasteiger partial charge in [0.1, 0.15) is 5.02 Å². The minimum atomic E-state index is -0.454. The van der Waals surface area contributed by atoms with E-state index < -0.39 is 5.95 Å². The van der Waals surface area contributed by atoms with Crippen LogP contribution in [0.25, 0.3) is 0 Å². The number of rotatable bonds is 0. The molecule has 0 saturated carbocycles. The highest BCUT2D eigenvalue weighted by atomic mass is 35.5. The van der Waals surface area contributed by atoms with E-state index in [0.29, 0.717) is 0 Å². The van der Waals surface area contributed by atoms with Gasteiger partial charge in [0.25, 0.3) is 5.95 Å². The molecule has 0 spiro atoms. The molecule has 0 radical (unpaired) electrons. The molecule has 0 aliphatic carbocycles. The lowest BCUT2D eigenvalue weighted by Crippen LogP contribution is -1.48. The van der Waals surface area contributed by atoms with Crippen molar-refractivity contribution in [3.63, 3.8) is 0 Å².